The molecule has 2 rings (SSSR count). The van der Waals surface area contributed by atoms with Crippen molar-refractivity contribution in [2.75, 3.05) is 7.11 Å². The molecule has 0 aliphatic heterocycles. The van der Waals surface area contributed by atoms with Gasteiger partial charge in [0, 0.05) is 24.1 Å². The molecule has 1 aromatic carbocycles. The van der Waals surface area contributed by atoms with Crippen LogP contribution in [0.4, 0.5) is 4.39 Å². The lowest BCUT2D eigenvalue weighted by atomic mass is 10.0. The van der Waals surface area contributed by atoms with Crippen LogP contribution in [0.5, 0.6) is 5.88 Å². The first-order valence-corrected chi connectivity index (χ1v) is 6.52. The highest BCUT2D eigenvalue weighted by Crippen LogP contribution is 2.32. The average molecular weight is 299 g/mol. The van der Waals surface area contributed by atoms with Crippen LogP contribution in [0.25, 0.3) is 0 Å². The van der Waals surface area contributed by atoms with E-state index in [9.17, 15) is 9.50 Å². The van der Waals surface area contributed by atoms with E-state index in [0.717, 1.165) is 0 Å². The van der Waals surface area contributed by atoms with E-state index in [-0.39, 0.29) is 12.0 Å². The van der Waals surface area contributed by atoms with E-state index in [1.807, 2.05) is 0 Å². The molecule has 108 valence electrons. The van der Waals surface area contributed by atoms with Crippen molar-refractivity contribution in [3.05, 3.63) is 45.9 Å². The third-order valence-corrected chi connectivity index (χ3v) is 3.55. The van der Waals surface area contributed by atoms with Gasteiger partial charge in [-0.1, -0.05) is 17.7 Å². The first kappa shape index (κ1) is 14.8. The Labute approximate surface area is 121 Å². The predicted octanol–water partition coefficient (Wildman–Crippen LogP) is 2.81. The lowest BCUT2D eigenvalue weighted by Gasteiger charge is -2.14. The number of nitrogens with zero attached hydrogens (tertiary/aromatic N) is 2. The van der Waals surface area contributed by atoms with Gasteiger partial charge in [-0.3, -0.25) is 0 Å². The zero-order valence-corrected chi connectivity index (χ0v) is 12.3. The highest BCUT2D eigenvalue weighted by Gasteiger charge is 2.23. The molecule has 0 fully saturated rings. The van der Waals surface area contributed by atoms with Gasteiger partial charge in [-0.05, 0) is 19.1 Å². The molecule has 0 saturated heterocycles. The summed E-state index contributed by atoms with van der Waals surface area (Å²) in [5.41, 5.74) is 1.48. The molecule has 6 heteroatoms. The molecular weight excluding hydrogens is 283 g/mol. The third kappa shape index (κ3) is 2.64. The van der Waals surface area contributed by atoms with Crippen molar-refractivity contribution in [3.63, 3.8) is 0 Å². The van der Waals surface area contributed by atoms with Crippen molar-refractivity contribution in [3.8, 4) is 5.88 Å². The Morgan fingerprint density at radius 3 is 2.80 bits per heavy atom. The minimum absolute atomic E-state index is 0.0639. The summed E-state index contributed by atoms with van der Waals surface area (Å²) in [5, 5.41) is 14.9. The van der Waals surface area contributed by atoms with E-state index in [1.54, 1.807) is 20.0 Å². The van der Waals surface area contributed by atoms with Gasteiger partial charge in [0.2, 0.25) is 5.88 Å². The fourth-order valence-electron chi connectivity index (χ4n) is 2.30. The van der Waals surface area contributed by atoms with E-state index in [2.05, 4.69) is 5.10 Å². The summed E-state index contributed by atoms with van der Waals surface area (Å²) in [6.07, 6.45) is -0.873. The van der Waals surface area contributed by atoms with Crippen molar-refractivity contribution in [2.24, 2.45) is 7.05 Å². The van der Waals surface area contributed by atoms with Gasteiger partial charge in [0.1, 0.15) is 5.82 Å². The number of ether oxygens (including phenoxy) is 1. The van der Waals surface area contributed by atoms with Crippen LogP contribution in [0, 0.1) is 12.7 Å². The molecule has 0 saturated carbocycles. The summed E-state index contributed by atoms with van der Waals surface area (Å²) >= 11 is 5.98. The maximum atomic E-state index is 13.8. The maximum absolute atomic E-state index is 13.8. The molecule has 0 aliphatic rings. The molecule has 0 radical (unpaired) electrons. The molecule has 4 nitrogen and oxygen atoms in total. The number of aliphatic hydroxyl groups is 1. The van der Waals surface area contributed by atoms with Crippen molar-refractivity contribution < 1.29 is 14.2 Å². The highest BCUT2D eigenvalue weighted by atomic mass is 35.5. The zero-order valence-electron chi connectivity index (χ0n) is 11.5. The van der Waals surface area contributed by atoms with Crippen LogP contribution in [-0.4, -0.2) is 22.0 Å². The monoisotopic (exact) mass is 298 g/mol. The van der Waals surface area contributed by atoms with Crippen LogP contribution in [0.15, 0.2) is 18.2 Å². The first-order chi connectivity index (χ1) is 9.45. The van der Waals surface area contributed by atoms with Crippen LogP contribution < -0.4 is 4.74 Å². The van der Waals surface area contributed by atoms with Gasteiger partial charge in [-0.2, -0.15) is 5.10 Å². The van der Waals surface area contributed by atoms with Gasteiger partial charge in [0.15, 0.2) is 0 Å². The second-order valence-electron chi connectivity index (χ2n) is 4.55. The number of aromatic nitrogens is 2. The number of aryl methyl sites for hydroxylation is 2. The van der Waals surface area contributed by atoms with Crippen molar-refractivity contribution in [1.82, 2.24) is 9.78 Å². The molecule has 1 atom stereocenters. The number of hydrogen-bond acceptors (Lipinski definition) is 3. The standard InChI is InChI=1S/C14H16ClFN2O2/c1-8-13(14(20-3)18(2)17-8)12(19)7-9-10(15)5-4-6-11(9)16/h4-6,12,19H,7H2,1-3H3. The number of halogens is 2. The van der Waals surface area contributed by atoms with E-state index < -0.39 is 11.9 Å². The topological polar surface area (TPSA) is 47.3 Å². The van der Waals surface area contributed by atoms with Crippen LogP contribution in [0.3, 0.4) is 0 Å². The van der Waals surface area contributed by atoms with Gasteiger partial charge in [0.25, 0.3) is 0 Å². The van der Waals surface area contributed by atoms with Gasteiger partial charge >= 0.3 is 0 Å². The molecule has 0 bridgehead atoms. The van der Waals surface area contributed by atoms with E-state index in [0.29, 0.717) is 22.2 Å². The number of hydrogen-bond donors (Lipinski definition) is 1. The summed E-state index contributed by atoms with van der Waals surface area (Å²) in [5.74, 6) is 0.0273. The van der Waals surface area contributed by atoms with E-state index >= 15 is 0 Å². The van der Waals surface area contributed by atoms with Gasteiger partial charge in [-0.25, -0.2) is 9.07 Å². The molecular formula is C14H16ClFN2O2. The Balaban J connectivity index is 2.36. The Bertz CT molecular complexity index is 608. The summed E-state index contributed by atoms with van der Waals surface area (Å²) in [6.45, 7) is 1.77. The van der Waals surface area contributed by atoms with E-state index in [4.69, 9.17) is 16.3 Å². The van der Waals surface area contributed by atoms with Gasteiger partial charge in [-0.15, -0.1) is 0 Å². The SMILES string of the molecule is COc1c(C(O)Cc2c(F)cccc2Cl)c(C)nn1C. The number of aliphatic hydroxyl groups excluding tert-OH is 1. The predicted molar refractivity (Wildman–Crippen MR) is 74.6 cm³/mol. The fourth-order valence-corrected chi connectivity index (χ4v) is 2.54. The molecule has 0 spiro atoms. The molecule has 1 aromatic heterocycles. The largest absolute Gasteiger partial charge is 0.481 e. The molecule has 2 aromatic rings. The lowest BCUT2D eigenvalue weighted by Crippen LogP contribution is -2.07. The van der Waals surface area contributed by atoms with Crippen LogP contribution in [0.1, 0.15) is 22.9 Å². The Hall–Kier alpha value is -1.59. The van der Waals surface area contributed by atoms with Crippen molar-refractivity contribution in [2.45, 2.75) is 19.4 Å². The smallest absolute Gasteiger partial charge is 0.217 e. The Morgan fingerprint density at radius 1 is 1.50 bits per heavy atom. The summed E-state index contributed by atoms with van der Waals surface area (Å²) in [7, 11) is 3.22. The summed E-state index contributed by atoms with van der Waals surface area (Å²) in [4.78, 5) is 0. The third-order valence-electron chi connectivity index (χ3n) is 3.20. The second-order valence-corrected chi connectivity index (χ2v) is 4.96. The lowest BCUT2D eigenvalue weighted by molar-refractivity contribution is 0.171. The van der Waals surface area contributed by atoms with Gasteiger partial charge in [0.05, 0.1) is 24.5 Å². The zero-order chi connectivity index (χ0) is 14.9. The van der Waals surface area contributed by atoms with Crippen LogP contribution in [-0.2, 0) is 13.5 Å². The van der Waals surface area contributed by atoms with Crippen molar-refractivity contribution >= 4 is 11.6 Å². The second kappa shape index (κ2) is 5.81. The summed E-state index contributed by atoms with van der Waals surface area (Å²) < 4.78 is 20.5. The minimum Gasteiger partial charge on any atom is -0.481 e. The quantitative estimate of drug-likeness (QED) is 0.944. The number of rotatable bonds is 4. The van der Waals surface area contributed by atoms with Gasteiger partial charge < -0.3 is 9.84 Å². The van der Waals surface area contributed by atoms with Crippen LogP contribution in [0.2, 0.25) is 5.02 Å². The molecule has 0 aliphatic carbocycles. The van der Waals surface area contributed by atoms with E-state index in [1.165, 1.54) is 23.9 Å². The Kier molecular flexibility index (Phi) is 4.30. The Morgan fingerprint density at radius 2 is 2.20 bits per heavy atom. The maximum Gasteiger partial charge on any atom is 0.217 e. The van der Waals surface area contributed by atoms with Crippen LogP contribution >= 0.6 is 11.6 Å². The molecule has 1 unspecified atom stereocenters. The fraction of sp³-hybridized carbons (Fsp3) is 0.357. The number of methoxy groups -OCH3 is 1. The molecule has 1 heterocycles. The minimum atomic E-state index is -0.937. The average Bonchev–Trinajstić information content (AvgIpc) is 2.68. The summed E-state index contributed by atoms with van der Waals surface area (Å²) in [6, 6.07) is 4.45. The number of benzene rings is 1. The molecule has 20 heavy (non-hydrogen) atoms. The van der Waals surface area contributed by atoms with Crippen molar-refractivity contribution in [1.29, 1.82) is 0 Å². The molecule has 1 N–H and O–H groups in total. The normalized spacial score (nSPS) is 12.5. The first-order valence-electron chi connectivity index (χ1n) is 6.14. The highest BCUT2D eigenvalue weighted by molar-refractivity contribution is 6.31. The molecule has 0 amide bonds.